The molecule has 27 heavy (non-hydrogen) atoms. The molecule has 2 heterocycles. The summed E-state index contributed by atoms with van der Waals surface area (Å²) in [6.45, 7) is 0. The molecule has 0 spiro atoms. The van der Waals surface area contributed by atoms with Gasteiger partial charge in [-0.05, 0) is 37.8 Å². The average Bonchev–Trinajstić information content (AvgIpc) is 3.18. The van der Waals surface area contributed by atoms with Crippen LogP contribution in [-0.2, 0) is 0 Å². The third-order valence-electron chi connectivity index (χ3n) is 4.76. The number of benzene rings is 1. The van der Waals surface area contributed by atoms with E-state index < -0.39 is 0 Å². The summed E-state index contributed by atoms with van der Waals surface area (Å²) < 4.78 is 12.0. The van der Waals surface area contributed by atoms with Gasteiger partial charge in [0, 0.05) is 24.0 Å². The highest BCUT2D eigenvalue weighted by Gasteiger charge is 2.22. The molecule has 1 saturated carbocycles. The smallest absolute Gasteiger partial charge is 0.171 e. The first-order valence-corrected chi connectivity index (χ1v) is 9.60. The number of hydrogen-bond acceptors (Lipinski definition) is 5. The minimum atomic E-state index is 0.193. The monoisotopic (exact) mass is 403 g/mol. The van der Waals surface area contributed by atoms with Crippen LogP contribution < -0.4 is 14.8 Å². The lowest BCUT2D eigenvalue weighted by Gasteiger charge is -2.20. The van der Waals surface area contributed by atoms with Crippen molar-refractivity contribution in [1.82, 2.24) is 9.97 Å². The summed E-state index contributed by atoms with van der Waals surface area (Å²) in [4.78, 5) is 8.33. The van der Waals surface area contributed by atoms with Crippen LogP contribution in [0.1, 0.15) is 25.7 Å². The van der Waals surface area contributed by atoms with Crippen molar-refractivity contribution < 1.29 is 9.47 Å². The Morgan fingerprint density at radius 2 is 1.70 bits per heavy atom. The molecule has 5 nitrogen and oxygen atoms in total. The molecule has 0 bridgehead atoms. The second-order valence-electron chi connectivity index (χ2n) is 6.51. The summed E-state index contributed by atoms with van der Waals surface area (Å²) in [5, 5.41) is 5.99. The molecule has 2 aromatic heterocycles. The van der Waals surface area contributed by atoms with Gasteiger partial charge in [0.15, 0.2) is 11.5 Å². The second-order valence-corrected chi connectivity index (χ2v) is 7.32. The quantitative estimate of drug-likeness (QED) is 0.564. The van der Waals surface area contributed by atoms with Gasteiger partial charge in [0.05, 0.1) is 46.2 Å². The number of fused-ring (bicyclic) bond motifs is 1. The van der Waals surface area contributed by atoms with Crippen LogP contribution in [0.3, 0.4) is 0 Å². The van der Waals surface area contributed by atoms with Crippen molar-refractivity contribution in [2.75, 3.05) is 12.4 Å². The van der Waals surface area contributed by atoms with Crippen LogP contribution in [0.25, 0.3) is 10.8 Å². The molecule has 1 N–H and O–H groups in total. The van der Waals surface area contributed by atoms with Gasteiger partial charge in [0.1, 0.15) is 0 Å². The van der Waals surface area contributed by atoms with E-state index in [1.54, 1.807) is 31.9 Å². The Kier molecular flexibility index (Phi) is 5.23. The van der Waals surface area contributed by atoms with Crippen LogP contribution in [-0.4, -0.2) is 23.2 Å². The van der Waals surface area contributed by atoms with Crippen molar-refractivity contribution in [3.8, 4) is 11.5 Å². The Labute approximate surface area is 167 Å². The molecule has 0 atom stereocenters. The van der Waals surface area contributed by atoms with E-state index in [4.69, 9.17) is 32.7 Å². The highest BCUT2D eigenvalue weighted by Crippen LogP contribution is 2.43. The lowest BCUT2D eigenvalue weighted by Crippen LogP contribution is -2.12. The summed E-state index contributed by atoms with van der Waals surface area (Å²) in [7, 11) is 1.65. The third kappa shape index (κ3) is 3.62. The molecule has 4 rings (SSSR count). The van der Waals surface area contributed by atoms with Gasteiger partial charge in [-0.1, -0.05) is 23.2 Å². The van der Waals surface area contributed by atoms with Gasteiger partial charge in [-0.3, -0.25) is 9.97 Å². The van der Waals surface area contributed by atoms with Gasteiger partial charge in [-0.15, -0.1) is 0 Å². The minimum absolute atomic E-state index is 0.193. The molecule has 0 unspecified atom stereocenters. The third-order valence-corrected chi connectivity index (χ3v) is 5.33. The Morgan fingerprint density at radius 1 is 1.00 bits per heavy atom. The van der Waals surface area contributed by atoms with Gasteiger partial charge >= 0.3 is 0 Å². The van der Waals surface area contributed by atoms with Crippen LogP contribution in [0.15, 0.2) is 36.9 Å². The standard InChI is InChI=1S/C20H19Cl2N3O2/c1-26-17-7-6-12-8-23-11-16(25-19-14(21)9-24-10-15(19)22)18(12)20(17)27-13-4-2-3-5-13/h6-11,13H,2-5H2,1H3,(H,24,25). The number of rotatable bonds is 5. The first-order valence-electron chi connectivity index (χ1n) is 8.84. The Hall–Kier alpha value is -2.24. The first kappa shape index (κ1) is 18.1. The molecule has 1 fully saturated rings. The van der Waals surface area contributed by atoms with Crippen molar-refractivity contribution in [3.05, 3.63) is 47.0 Å². The van der Waals surface area contributed by atoms with Crippen molar-refractivity contribution >= 4 is 45.3 Å². The van der Waals surface area contributed by atoms with E-state index in [2.05, 4.69) is 15.3 Å². The number of nitrogens with one attached hydrogen (secondary N) is 1. The summed E-state index contributed by atoms with van der Waals surface area (Å²) >= 11 is 12.6. The molecule has 0 amide bonds. The van der Waals surface area contributed by atoms with Crippen molar-refractivity contribution in [2.24, 2.45) is 0 Å². The van der Waals surface area contributed by atoms with Crippen LogP contribution in [0.2, 0.25) is 10.0 Å². The number of anilines is 2. The zero-order valence-electron chi connectivity index (χ0n) is 14.8. The zero-order chi connectivity index (χ0) is 18.8. The van der Waals surface area contributed by atoms with Crippen LogP contribution >= 0.6 is 23.2 Å². The van der Waals surface area contributed by atoms with Crippen molar-refractivity contribution in [3.63, 3.8) is 0 Å². The largest absolute Gasteiger partial charge is 0.493 e. The highest BCUT2D eigenvalue weighted by atomic mass is 35.5. The molecule has 0 saturated heterocycles. The minimum Gasteiger partial charge on any atom is -0.493 e. The van der Waals surface area contributed by atoms with E-state index in [1.165, 1.54) is 12.8 Å². The summed E-state index contributed by atoms with van der Waals surface area (Å²) in [6, 6.07) is 3.87. The van der Waals surface area contributed by atoms with Gasteiger partial charge in [0.2, 0.25) is 0 Å². The van der Waals surface area contributed by atoms with Gasteiger partial charge in [-0.25, -0.2) is 0 Å². The number of aromatic nitrogens is 2. The Balaban J connectivity index is 1.85. The Bertz CT molecular complexity index is 955. The zero-order valence-corrected chi connectivity index (χ0v) is 16.3. The fourth-order valence-corrected chi connectivity index (χ4v) is 3.89. The number of pyridine rings is 2. The maximum atomic E-state index is 6.38. The van der Waals surface area contributed by atoms with E-state index in [0.29, 0.717) is 27.2 Å². The van der Waals surface area contributed by atoms with E-state index in [9.17, 15) is 0 Å². The Morgan fingerprint density at radius 3 is 2.41 bits per heavy atom. The van der Waals surface area contributed by atoms with Gasteiger partial charge < -0.3 is 14.8 Å². The van der Waals surface area contributed by atoms with Gasteiger partial charge in [-0.2, -0.15) is 0 Å². The predicted molar refractivity (Wildman–Crippen MR) is 109 cm³/mol. The molecule has 1 aliphatic rings. The van der Waals surface area contributed by atoms with Crippen LogP contribution in [0.5, 0.6) is 11.5 Å². The lowest BCUT2D eigenvalue weighted by atomic mass is 10.1. The van der Waals surface area contributed by atoms with E-state index in [0.717, 1.165) is 29.3 Å². The summed E-state index contributed by atoms with van der Waals surface area (Å²) in [5.41, 5.74) is 1.33. The molecule has 3 aromatic rings. The predicted octanol–water partition coefficient (Wildman–Crippen LogP) is 6.01. The number of ether oxygens (including phenoxy) is 2. The molecular formula is C20H19Cl2N3O2. The van der Waals surface area contributed by atoms with Crippen LogP contribution in [0, 0.1) is 0 Å². The van der Waals surface area contributed by atoms with Crippen molar-refractivity contribution in [2.45, 2.75) is 31.8 Å². The molecule has 7 heteroatoms. The average molecular weight is 404 g/mol. The normalized spacial score (nSPS) is 14.5. The summed E-state index contributed by atoms with van der Waals surface area (Å²) in [6.07, 6.45) is 11.3. The lowest BCUT2D eigenvalue weighted by molar-refractivity contribution is 0.204. The van der Waals surface area contributed by atoms with E-state index >= 15 is 0 Å². The topological polar surface area (TPSA) is 56.3 Å². The fraction of sp³-hybridized carbons (Fsp3) is 0.300. The maximum absolute atomic E-state index is 6.38. The summed E-state index contributed by atoms with van der Waals surface area (Å²) in [5.74, 6) is 1.41. The maximum Gasteiger partial charge on any atom is 0.171 e. The number of hydrogen-bond donors (Lipinski definition) is 1. The fourth-order valence-electron chi connectivity index (χ4n) is 3.43. The highest BCUT2D eigenvalue weighted by molar-refractivity contribution is 6.39. The molecule has 0 aliphatic heterocycles. The molecule has 140 valence electrons. The number of halogens is 2. The molecular weight excluding hydrogens is 385 g/mol. The molecule has 1 aromatic carbocycles. The van der Waals surface area contributed by atoms with Gasteiger partial charge in [0.25, 0.3) is 0 Å². The number of methoxy groups -OCH3 is 1. The van der Waals surface area contributed by atoms with Crippen molar-refractivity contribution in [1.29, 1.82) is 0 Å². The molecule has 0 radical (unpaired) electrons. The number of nitrogens with zero attached hydrogens (tertiary/aromatic N) is 2. The van der Waals surface area contributed by atoms with E-state index in [1.807, 2.05) is 12.1 Å². The van der Waals surface area contributed by atoms with E-state index in [-0.39, 0.29) is 6.10 Å². The second kappa shape index (κ2) is 7.79. The first-order chi connectivity index (χ1) is 13.2. The SMILES string of the molecule is COc1ccc2cncc(Nc3c(Cl)cncc3Cl)c2c1OC1CCCC1. The molecule has 1 aliphatic carbocycles. The van der Waals surface area contributed by atoms with Crippen LogP contribution in [0.4, 0.5) is 11.4 Å².